The fourth-order valence-corrected chi connectivity index (χ4v) is 6.20. The Kier molecular flexibility index (Phi) is 6.12. The lowest BCUT2D eigenvalue weighted by Gasteiger charge is -2.32. The molecule has 31 heavy (non-hydrogen) atoms. The van der Waals surface area contributed by atoms with E-state index in [0.29, 0.717) is 28.5 Å². The van der Waals surface area contributed by atoms with Crippen LogP contribution < -0.4 is 15.6 Å². The summed E-state index contributed by atoms with van der Waals surface area (Å²) in [6.45, 7) is 2.46. The van der Waals surface area contributed by atoms with Gasteiger partial charge in [-0.3, -0.25) is 15.6 Å². The van der Waals surface area contributed by atoms with Crippen molar-refractivity contribution < 1.29 is 17.9 Å². The number of sulfonamides is 1. The Bertz CT molecular complexity index is 1190. The average molecular weight is 461 g/mol. The first-order valence-corrected chi connectivity index (χ1v) is 12.3. The smallest absolute Gasteiger partial charge is 0.269 e. The van der Waals surface area contributed by atoms with Gasteiger partial charge in [0, 0.05) is 18.2 Å². The Morgan fingerprint density at radius 1 is 1.19 bits per heavy atom. The molecule has 1 fully saturated rings. The molecule has 0 bridgehead atoms. The number of carbonyl (C=O) groups is 1. The van der Waals surface area contributed by atoms with Gasteiger partial charge < -0.3 is 4.74 Å². The summed E-state index contributed by atoms with van der Waals surface area (Å²) < 4.78 is 33.6. The lowest BCUT2D eigenvalue weighted by molar-refractivity contribution is 0.0962. The van der Waals surface area contributed by atoms with E-state index >= 15 is 0 Å². The number of hydrogen-bond acceptors (Lipinski definition) is 7. The fourth-order valence-electron chi connectivity index (χ4n) is 3.67. The topological polar surface area (TPSA) is 101 Å². The molecule has 1 saturated heterocycles. The van der Waals surface area contributed by atoms with Crippen LogP contribution in [0, 0.1) is 0 Å². The molecule has 0 radical (unpaired) electrons. The molecule has 8 nitrogen and oxygen atoms in total. The molecule has 4 rings (SSSR count). The van der Waals surface area contributed by atoms with Crippen molar-refractivity contribution in [1.82, 2.24) is 14.7 Å². The third-order valence-corrected chi connectivity index (χ3v) is 8.31. The molecule has 1 atom stereocenters. The van der Waals surface area contributed by atoms with Crippen LogP contribution in [-0.2, 0) is 10.0 Å². The van der Waals surface area contributed by atoms with E-state index in [1.807, 2.05) is 25.1 Å². The number of piperidine rings is 1. The van der Waals surface area contributed by atoms with E-state index in [9.17, 15) is 13.2 Å². The summed E-state index contributed by atoms with van der Waals surface area (Å²) in [5.41, 5.74) is 6.47. The maximum atomic E-state index is 12.9. The second-order valence-electron chi connectivity index (χ2n) is 7.39. The van der Waals surface area contributed by atoms with Crippen LogP contribution in [0.25, 0.3) is 10.2 Å². The SMILES string of the molecule is COc1cccc2sc(NNC(=O)c3ccc(S(=O)(=O)N4CCCCC4C)cc3)nc12. The van der Waals surface area contributed by atoms with Crippen molar-refractivity contribution in [3.8, 4) is 5.75 Å². The van der Waals surface area contributed by atoms with E-state index in [1.165, 1.54) is 35.6 Å². The van der Waals surface area contributed by atoms with Gasteiger partial charge in [-0.05, 0) is 56.2 Å². The van der Waals surface area contributed by atoms with Gasteiger partial charge in [0.1, 0.15) is 11.3 Å². The second-order valence-corrected chi connectivity index (χ2v) is 10.3. The molecule has 2 heterocycles. The number of methoxy groups -OCH3 is 1. The van der Waals surface area contributed by atoms with Gasteiger partial charge in [-0.1, -0.05) is 23.8 Å². The number of aromatic nitrogens is 1. The van der Waals surface area contributed by atoms with E-state index in [1.54, 1.807) is 11.4 Å². The van der Waals surface area contributed by atoms with E-state index in [4.69, 9.17) is 4.74 Å². The minimum atomic E-state index is -3.56. The van der Waals surface area contributed by atoms with Gasteiger partial charge in [0.25, 0.3) is 5.91 Å². The number of carbonyl (C=O) groups excluding carboxylic acids is 1. The van der Waals surface area contributed by atoms with Crippen molar-refractivity contribution in [2.24, 2.45) is 0 Å². The number of hydrazine groups is 1. The van der Waals surface area contributed by atoms with Crippen molar-refractivity contribution in [1.29, 1.82) is 0 Å². The van der Waals surface area contributed by atoms with Crippen molar-refractivity contribution in [2.75, 3.05) is 19.1 Å². The molecule has 2 aromatic carbocycles. The minimum Gasteiger partial charge on any atom is -0.494 e. The Morgan fingerprint density at radius 2 is 1.97 bits per heavy atom. The number of nitrogens with one attached hydrogen (secondary N) is 2. The van der Waals surface area contributed by atoms with Crippen LogP contribution in [0.5, 0.6) is 5.75 Å². The van der Waals surface area contributed by atoms with Crippen molar-refractivity contribution in [3.05, 3.63) is 48.0 Å². The van der Waals surface area contributed by atoms with E-state index in [0.717, 1.165) is 24.0 Å². The number of rotatable bonds is 6. The summed E-state index contributed by atoms with van der Waals surface area (Å²) >= 11 is 1.38. The molecule has 1 aromatic heterocycles. The summed E-state index contributed by atoms with van der Waals surface area (Å²) in [4.78, 5) is 17.1. The molecule has 1 aliphatic heterocycles. The van der Waals surface area contributed by atoms with Crippen molar-refractivity contribution >= 4 is 42.6 Å². The molecule has 164 valence electrons. The highest BCUT2D eigenvalue weighted by Gasteiger charge is 2.30. The van der Waals surface area contributed by atoms with Crippen LogP contribution in [0.2, 0.25) is 0 Å². The van der Waals surface area contributed by atoms with Gasteiger partial charge in [-0.15, -0.1) is 0 Å². The highest BCUT2D eigenvalue weighted by atomic mass is 32.2. The van der Waals surface area contributed by atoms with Crippen LogP contribution >= 0.6 is 11.3 Å². The molecule has 0 spiro atoms. The zero-order chi connectivity index (χ0) is 22.0. The summed E-state index contributed by atoms with van der Waals surface area (Å²) in [5, 5.41) is 0.520. The summed E-state index contributed by atoms with van der Waals surface area (Å²) in [7, 11) is -1.98. The maximum Gasteiger partial charge on any atom is 0.269 e. The Hall–Kier alpha value is -2.69. The number of fused-ring (bicyclic) bond motifs is 1. The first-order valence-electron chi connectivity index (χ1n) is 10.0. The monoisotopic (exact) mass is 460 g/mol. The number of para-hydroxylation sites is 1. The maximum absolute atomic E-state index is 12.9. The molecular weight excluding hydrogens is 436 g/mol. The summed E-state index contributed by atoms with van der Waals surface area (Å²) in [5.74, 6) is 0.273. The highest BCUT2D eigenvalue weighted by Crippen LogP contribution is 2.31. The lowest BCUT2D eigenvalue weighted by atomic mass is 10.1. The molecule has 2 N–H and O–H groups in total. The first-order chi connectivity index (χ1) is 14.9. The van der Waals surface area contributed by atoms with Crippen LogP contribution in [-0.4, -0.2) is 43.3 Å². The quantitative estimate of drug-likeness (QED) is 0.545. The number of thiazole rings is 1. The lowest BCUT2D eigenvalue weighted by Crippen LogP contribution is -2.41. The van der Waals surface area contributed by atoms with E-state index < -0.39 is 10.0 Å². The number of nitrogens with zero attached hydrogens (tertiary/aromatic N) is 2. The Balaban J connectivity index is 1.44. The van der Waals surface area contributed by atoms with Gasteiger partial charge in [0.2, 0.25) is 15.2 Å². The van der Waals surface area contributed by atoms with Crippen LogP contribution in [0.3, 0.4) is 0 Å². The molecular formula is C21H24N4O4S2. The molecule has 0 aliphatic carbocycles. The number of benzene rings is 2. The second kappa shape index (κ2) is 8.81. The predicted octanol–water partition coefficient (Wildman–Crippen LogP) is 3.62. The third-order valence-electron chi connectivity index (χ3n) is 5.35. The largest absolute Gasteiger partial charge is 0.494 e. The Morgan fingerprint density at radius 3 is 2.68 bits per heavy atom. The molecule has 1 unspecified atom stereocenters. The van der Waals surface area contributed by atoms with Crippen molar-refractivity contribution in [3.63, 3.8) is 0 Å². The van der Waals surface area contributed by atoms with Crippen LogP contribution in [0.1, 0.15) is 36.5 Å². The van der Waals surface area contributed by atoms with E-state index in [2.05, 4.69) is 15.8 Å². The number of hydrogen-bond donors (Lipinski definition) is 2. The molecule has 10 heteroatoms. The van der Waals surface area contributed by atoms with Gasteiger partial charge in [0.15, 0.2) is 0 Å². The highest BCUT2D eigenvalue weighted by molar-refractivity contribution is 7.89. The first kappa shape index (κ1) is 21.5. The van der Waals surface area contributed by atoms with Gasteiger partial charge in [0.05, 0.1) is 16.7 Å². The minimum absolute atomic E-state index is 0.0154. The molecule has 0 saturated carbocycles. The fraction of sp³-hybridized carbons (Fsp3) is 0.333. The summed E-state index contributed by atoms with van der Waals surface area (Å²) in [6, 6.07) is 11.6. The normalized spacial score (nSPS) is 17.4. The van der Waals surface area contributed by atoms with Gasteiger partial charge >= 0.3 is 0 Å². The number of anilines is 1. The molecule has 1 amide bonds. The summed E-state index contributed by atoms with van der Waals surface area (Å²) in [6.07, 6.45) is 2.77. The zero-order valence-corrected chi connectivity index (χ0v) is 18.9. The van der Waals surface area contributed by atoms with Gasteiger partial charge in [-0.2, -0.15) is 4.31 Å². The molecule has 1 aliphatic rings. The Labute approximate surface area is 185 Å². The average Bonchev–Trinajstić information content (AvgIpc) is 3.21. The van der Waals surface area contributed by atoms with E-state index in [-0.39, 0.29) is 16.8 Å². The van der Waals surface area contributed by atoms with Crippen molar-refractivity contribution in [2.45, 2.75) is 37.1 Å². The zero-order valence-electron chi connectivity index (χ0n) is 17.3. The standard InChI is InChI=1S/C21H24N4O4S2/c1-14-6-3-4-13-25(14)31(27,28)16-11-9-15(10-12-16)20(26)23-24-21-22-19-17(29-2)7-5-8-18(19)30-21/h5,7-12,14H,3-4,6,13H2,1-2H3,(H,22,24)(H,23,26). The van der Waals surface area contributed by atoms with Crippen LogP contribution in [0.4, 0.5) is 5.13 Å². The van der Waals surface area contributed by atoms with Gasteiger partial charge in [-0.25, -0.2) is 13.4 Å². The third kappa shape index (κ3) is 4.36. The number of amides is 1. The van der Waals surface area contributed by atoms with Crippen LogP contribution in [0.15, 0.2) is 47.4 Å². The number of ether oxygens (including phenoxy) is 1. The molecule has 3 aromatic rings. The predicted molar refractivity (Wildman–Crippen MR) is 121 cm³/mol.